The number of hydrogen-bond donors (Lipinski definition) is 3. The lowest BCUT2D eigenvalue weighted by molar-refractivity contribution is -1.05. The molecular formula is C32H59N2O4+. The lowest BCUT2D eigenvalue weighted by Crippen LogP contribution is -3.18. The van der Waals surface area contributed by atoms with Crippen LogP contribution in [0.1, 0.15) is 167 Å². The van der Waals surface area contributed by atoms with Gasteiger partial charge in [-0.3, -0.25) is 10.0 Å². The van der Waals surface area contributed by atoms with Crippen molar-refractivity contribution < 1.29 is 25.1 Å². The summed E-state index contributed by atoms with van der Waals surface area (Å²) in [6, 6.07) is -0.911. The van der Waals surface area contributed by atoms with Gasteiger partial charge in [0.25, 0.3) is 0 Å². The van der Waals surface area contributed by atoms with Crippen LogP contribution < -0.4 is 5.06 Å². The number of hydrogen-bond acceptors (Lipinski definition) is 4. The van der Waals surface area contributed by atoms with Crippen LogP contribution in [0.2, 0.25) is 0 Å². The molecule has 0 aliphatic heterocycles. The van der Waals surface area contributed by atoms with Gasteiger partial charge in [-0.05, 0) is 38.5 Å². The van der Waals surface area contributed by atoms with Gasteiger partial charge in [-0.2, -0.15) is 0 Å². The van der Waals surface area contributed by atoms with Crippen LogP contribution in [0.15, 0.2) is 0 Å². The van der Waals surface area contributed by atoms with E-state index in [2.05, 4.69) is 0 Å². The SMILES string of the molecule is O=C(C1CCCCCCCCCCC1)N(O)C1CCCCC1[NH+](O)C(=O)C1CCCCCCCCCCC1. The van der Waals surface area contributed by atoms with E-state index in [0.29, 0.717) is 12.8 Å². The standard InChI is InChI=1S/C32H58N2O4/c35-31(27-21-15-11-7-3-1-4-8-12-16-22-27)33(37)29-25-19-20-26-30(29)34(38)32(36)28-23-17-13-9-5-2-6-10-14-18-24-28/h27-30,37-38H,1-26H2/p+1. The molecular weight excluding hydrogens is 476 g/mol. The van der Waals surface area contributed by atoms with Gasteiger partial charge >= 0.3 is 5.91 Å². The van der Waals surface area contributed by atoms with Crippen LogP contribution in [0.5, 0.6) is 0 Å². The first-order chi connectivity index (χ1) is 18.6. The lowest BCUT2D eigenvalue weighted by Gasteiger charge is -2.37. The Balaban J connectivity index is 1.62. The highest BCUT2D eigenvalue weighted by Gasteiger charge is 2.44. The zero-order valence-corrected chi connectivity index (χ0v) is 24.4. The summed E-state index contributed by atoms with van der Waals surface area (Å²) in [6.07, 6.45) is 28.1. The number of nitrogens with one attached hydrogen (secondary N) is 1. The van der Waals surface area contributed by atoms with E-state index in [1.165, 1.54) is 64.2 Å². The van der Waals surface area contributed by atoms with Crippen molar-refractivity contribution in [2.75, 3.05) is 0 Å². The average molecular weight is 536 g/mol. The summed E-state index contributed by atoms with van der Waals surface area (Å²) in [6.45, 7) is 0. The van der Waals surface area contributed by atoms with Gasteiger partial charge in [-0.25, -0.2) is 15.1 Å². The van der Waals surface area contributed by atoms with Crippen LogP contribution in [0.4, 0.5) is 0 Å². The molecule has 0 heterocycles. The van der Waals surface area contributed by atoms with Crippen molar-refractivity contribution in [2.24, 2.45) is 11.8 Å². The van der Waals surface area contributed by atoms with Gasteiger partial charge in [0.1, 0.15) is 12.1 Å². The van der Waals surface area contributed by atoms with E-state index >= 15 is 0 Å². The zero-order chi connectivity index (χ0) is 27.0. The van der Waals surface area contributed by atoms with Crippen molar-refractivity contribution in [1.82, 2.24) is 5.06 Å². The fourth-order valence-electron chi connectivity index (χ4n) is 7.30. The van der Waals surface area contributed by atoms with Crippen LogP contribution in [-0.2, 0) is 9.59 Å². The van der Waals surface area contributed by atoms with E-state index in [-0.39, 0.29) is 28.7 Å². The van der Waals surface area contributed by atoms with Gasteiger partial charge in [0, 0.05) is 12.3 Å². The fraction of sp³-hybridized carbons (Fsp3) is 0.938. The molecule has 0 saturated heterocycles. The number of amides is 2. The van der Waals surface area contributed by atoms with Gasteiger partial charge < -0.3 is 0 Å². The monoisotopic (exact) mass is 535 g/mol. The largest absolute Gasteiger partial charge is 0.347 e. The highest BCUT2D eigenvalue weighted by atomic mass is 16.5. The Hall–Kier alpha value is -0.980. The van der Waals surface area contributed by atoms with E-state index < -0.39 is 12.1 Å². The summed E-state index contributed by atoms with van der Waals surface area (Å²) in [7, 11) is 0. The quantitative estimate of drug-likeness (QED) is 0.263. The third-order valence-electron chi connectivity index (χ3n) is 9.80. The van der Waals surface area contributed by atoms with E-state index in [1.807, 2.05) is 0 Å². The summed E-state index contributed by atoms with van der Waals surface area (Å²) < 4.78 is 0. The minimum absolute atomic E-state index is 0.0580. The first kappa shape index (κ1) is 31.5. The second-order valence-electron chi connectivity index (χ2n) is 12.8. The Labute approximate surface area is 232 Å². The molecule has 6 nitrogen and oxygen atoms in total. The topological polar surface area (TPSA) is 82.3 Å². The molecule has 2 amide bonds. The number of quaternary nitrogens is 1. The summed E-state index contributed by atoms with van der Waals surface area (Å²) in [5.74, 6) is -0.548. The normalized spacial score (nSPS) is 28.1. The molecule has 3 atom stereocenters. The fourth-order valence-corrected chi connectivity index (χ4v) is 7.30. The molecule has 0 aromatic carbocycles. The zero-order valence-electron chi connectivity index (χ0n) is 24.4. The van der Waals surface area contributed by atoms with Crippen LogP contribution in [0.3, 0.4) is 0 Å². The molecule has 3 N–H and O–H groups in total. The third-order valence-corrected chi connectivity index (χ3v) is 9.80. The maximum absolute atomic E-state index is 13.6. The first-order valence-electron chi connectivity index (χ1n) is 16.7. The predicted molar refractivity (Wildman–Crippen MR) is 151 cm³/mol. The maximum atomic E-state index is 13.6. The number of carbonyl (C=O) groups excluding carboxylic acids is 2. The van der Waals surface area contributed by atoms with Gasteiger partial charge in [-0.1, -0.05) is 122 Å². The summed E-state index contributed by atoms with van der Waals surface area (Å²) in [5.41, 5.74) is 0. The Morgan fingerprint density at radius 1 is 0.500 bits per heavy atom. The second kappa shape index (κ2) is 18.4. The Bertz CT molecular complexity index is 592. The van der Waals surface area contributed by atoms with Crippen LogP contribution in [0, 0.1) is 11.8 Å². The maximum Gasteiger partial charge on any atom is 0.347 e. The van der Waals surface area contributed by atoms with Crippen molar-refractivity contribution in [2.45, 2.75) is 179 Å². The van der Waals surface area contributed by atoms with E-state index in [0.717, 1.165) is 95.0 Å². The van der Waals surface area contributed by atoms with Gasteiger partial charge in [-0.15, -0.1) is 5.06 Å². The molecule has 3 saturated carbocycles. The lowest BCUT2D eigenvalue weighted by atomic mass is 9.86. The minimum Gasteiger partial charge on any atom is -0.285 e. The third kappa shape index (κ3) is 10.5. The second-order valence-corrected chi connectivity index (χ2v) is 12.8. The van der Waals surface area contributed by atoms with E-state index in [4.69, 9.17) is 0 Å². The summed E-state index contributed by atoms with van der Waals surface area (Å²) in [5, 5.41) is 23.5. The molecule has 0 bridgehead atoms. The molecule has 0 aromatic heterocycles. The molecule has 38 heavy (non-hydrogen) atoms. The van der Waals surface area contributed by atoms with E-state index in [1.54, 1.807) is 0 Å². The van der Waals surface area contributed by atoms with E-state index in [9.17, 15) is 20.0 Å². The van der Waals surface area contributed by atoms with Gasteiger partial charge in [0.2, 0.25) is 5.91 Å². The molecule has 6 heteroatoms. The molecule has 0 spiro atoms. The average Bonchev–Trinajstić information content (AvgIpc) is 2.92. The highest BCUT2D eigenvalue weighted by molar-refractivity contribution is 5.78. The number of hydroxylamine groups is 4. The molecule has 3 rings (SSSR count). The van der Waals surface area contributed by atoms with Gasteiger partial charge in [0.15, 0.2) is 0 Å². The number of carbonyl (C=O) groups is 2. The Kier molecular flexibility index (Phi) is 15.3. The van der Waals surface area contributed by atoms with Crippen molar-refractivity contribution in [1.29, 1.82) is 0 Å². The highest BCUT2D eigenvalue weighted by Crippen LogP contribution is 2.27. The van der Waals surface area contributed by atoms with Crippen LogP contribution in [0.25, 0.3) is 0 Å². The van der Waals surface area contributed by atoms with Crippen molar-refractivity contribution >= 4 is 11.8 Å². The molecule has 3 fully saturated rings. The molecule has 3 unspecified atom stereocenters. The minimum atomic E-state index is -0.479. The molecule has 220 valence electrons. The Morgan fingerprint density at radius 2 is 0.842 bits per heavy atom. The smallest absolute Gasteiger partial charge is 0.285 e. The molecule has 3 aliphatic carbocycles. The number of nitrogens with zero attached hydrogens (tertiary/aromatic N) is 1. The Morgan fingerprint density at radius 3 is 1.29 bits per heavy atom. The number of rotatable bonds is 4. The van der Waals surface area contributed by atoms with Crippen LogP contribution >= 0.6 is 0 Å². The summed E-state index contributed by atoms with van der Waals surface area (Å²) in [4.78, 5) is 27.2. The van der Waals surface area contributed by atoms with Crippen molar-refractivity contribution in [3.63, 3.8) is 0 Å². The molecule has 0 radical (unpaired) electrons. The van der Waals surface area contributed by atoms with Crippen LogP contribution in [-0.4, -0.2) is 39.4 Å². The molecule has 0 aromatic rings. The molecule has 3 aliphatic rings. The predicted octanol–water partition coefficient (Wildman–Crippen LogP) is 7.16. The van der Waals surface area contributed by atoms with Crippen molar-refractivity contribution in [3.05, 3.63) is 0 Å². The van der Waals surface area contributed by atoms with Gasteiger partial charge in [0.05, 0.1) is 5.92 Å². The van der Waals surface area contributed by atoms with Crippen molar-refractivity contribution in [3.8, 4) is 0 Å². The summed E-state index contributed by atoms with van der Waals surface area (Å²) >= 11 is 0. The first-order valence-corrected chi connectivity index (χ1v) is 16.7.